The Balaban J connectivity index is 2.17. The van der Waals surface area contributed by atoms with Crippen LogP contribution >= 0.6 is 0 Å². The number of carbonyl (C=O) groups is 1. The number of aliphatic hydroxyl groups is 1. The van der Waals surface area contributed by atoms with E-state index in [4.69, 9.17) is 5.11 Å². The molecule has 126 valence electrons. The average molecular weight is 330 g/mol. The fourth-order valence-electron chi connectivity index (χ4n) is 2.22. The third-order valence-electron chi connectivity index (χ3n) is 3.38. The number of alkyl halides is 3. The van der Waals surface area contributed by atoms with Gasteiger partial charge in [0.1, 0.15) is 11.4 Å². The number of fused-ring (bicyclic) bond motifs is 1. The van der Waals surface area contributed by atoms with Gasteiger partial charge in [-0.05, 0) is 31.0 Å². The second-order valence-electron chi connectivity index (χ2n) is 5.07. The molecule has 0 saturated carbocycles. The van der Waals surface area contributed by atoms with Gasteiger partial charge >= 0.3 is 6.36 Å². The van der Waals surface area contributed by atoms with Gasteiger partial charge in [0.15, 0.2) is 0 Å². The molecule has 0 fully saturated rings. The summed E-state index contributed by atoms with van der Waals surface area (Å²) in [7, 11) is 0. The normalized spacial score (nSPS) is 13.1. The van der Waals surface area contributed by atoms with Crippen LogP contribution in [0.25, 0.3) is 10.9 Å². The zero-order valence-electron chi connectivity index (χ0n) is 12.4. The van der Waals surface area contributed by atoms with E-state index >= 15 is 0 Å². The van der Waals surface area contributed by atoms with Crippen molar-refractivity contribution in [1.82, 2.24) is 10.3 Å². The molecule has 0 aliphatic heterocycles. The molecule has 0 spiro atoms. The molecule has 1 aromatic heterocycles. The van der Waals surface area contributed by atoms with Crippen LogP contribution < -0.4 is 10.1 Å². The lowest BCUT2D eigenvalue weighted by Crippen LogP contribution is -2.35. The number of aromatic nitrogens is 1. The number of hydrogen-bond acceptors (Lipinski definition) is 3. The number of nitrogens with one attached hydrogen (secondary N) is 2. The van der Waals surface area contributed by atoms with Crippen molar-refractivity contribution in [2.24, 2.45) is 0 Å². The summed E-state index contributed by atoms with van der Waals surface area (Å²) in [6.45, 7) is 1.84. The first-order valence-corrected chi connectivity index (χ1v) is 7.12. The van der Waals surface area contributed by atoms with E-state index in [0.29, 0.717) is 23.7 Å². The topological polar surface area (TPSA) is 74.3 Å². The molecule has 2 rings (SSSR count). The van der Waals surface area contributed by atoms with Crippen molar-refractivity contribution in [1.29, 1.82) is 0 Å². The van der Waals surface area contributed by atoms with Crippen LogP contribution in [0.15, 0.2) is 24.3 Å². The molecular formula is C15H17F3N2O3. The molecule has 0 aliphatic rings. The Bertz CT molecular complexity index is 682. The van der Waals surface area contributed by atoms with Crippen molar-refractivity contribution in [3.63, 3.8) is 0 Å². The minimum Gasteiger partial charge on any atom is -0.406 e. The highest BCUT2D eigenvalue weighted by molar-refractivity contribution is 5.98. The molecule has 23 heavy (non-hydrogen) atoms. The maximum Gasteiger partial charge on any atom is 0.573 e. The minimum atomic E-state index is -4.76. The SMILES string of the molecule is CCC(CCO)NC(=O)c1cc2ccc(OC(F)(F)F)cc2[nH]1. The molecule has 1 atom stereocenters. The summed E-state index contributed by atoms with van der Waals surface area (Å²) in [6.07, 6.45) is -3.67. The van der Waals surface area contributed by atoms with Crippen molar-refractivity contribution in [2.75, 3.05) is 6.61 Å². The highest BCUT2D eigenvalue weighted by Gasteiger charge is 2.31. The highest BCUT2D eigenvalue weighted by Crippen LogP contribution is 2.26. The Labute approximate surface area is 130 Å². The Hall–Kier alpha value is -2.22. The maximum atomic E-state index is 12.2. The summed E-state index contributed by atoms with van der Waals surface area (Å²) in [6, 6.07) is 5.20. The fraction of sp³-hybridized carbons (Fsp3) is 0.400. The summed E-state index contributed by atoms with van der Waals surface area (Å²) >= 11 is 0. The zero-order chi connectivity index (χ0) is 17.0. The third kappa shape index (κ3) is 4.62. The van der Waals surface area contributed by atoms with Crippen LogP contribution in [0.2, 0.25) is 0 Å². The molecule has 0 bridgehead atoms. The van der Waals surface area contributed by atoms with Gasteiger partial charge in [-0.2, -0.15) is 0 Å². The molecular weight excluding hydrogens is 313 g/mol. The monoisotopic (exact) mass is 330 g/mol. The Morgan fingerprint density at radius 1 is 1.39 bits per heavy atom. The highest BCUT2D eigenvalue weighted by atomic mass is 19.4. The van der Waals surface area contributed by atoms with Crippen molar-refractivity contribution in [2.45, 2.75) is 32.2 Å². The average Bonchev–Trinajstić information content (AvgIpc) is 2.88. The molecule has 0 aliphatic carbocycles. The van der Waals surface area contributed by atoms with E-state index in [1.165, 1.54) is 18.2 Å². The van der Waals surface area contributed by atoms with Crippen LogP contribution in [-0.4, -0.2) is 35.0 Å². The number of rotatable bonds is 6. The van der Waals surface area contributed by atoms with E-state index in [1.807, 2.05) is 6.92 Å². The lowest BCUT2D eigenvalue weighted by atomic mass is 10.1. The molecule has 1 unspecified atom stereocenters. The number of ether oxygens (including phenoxy) is 1. The fourth-order valence-corrected chi connectivity index (χ4v) is 2.22. The van der Waals surface area contributed by atoms with Gasteiger partial charge in [-0.15, -0.1) is 13.2 Å². The Morgan fingerprint density at radius 3 is 2.74 bits per heavy atom. The molecule has 0 radical (unpaired) electrons. The lowest BCUT2D eigenvalue weighted by molar-refractivity contribution is -0.274. The summed E-state index contributed by atoms with van der Waals surface area (Å²) in [5.74, 6) is -0.731. The van der Waals surface area contributed by atoms with Crippen LogP contribution in [0.3, 0.4) is 0 Å². The first-order valence-electron chi connectivity index (χ1n) is 7.12. The van der Waals surface area contributed by atoms with Crippen LogP contribution in [0.4, 0.5) is 13.2 Å². The van der Waals surface area contributed by atoms with E-state index in [1.54, 1.807) is 6.07 Å². The quantitative estimate of drug-likeness (QED) is 0.762. The molecule has 5 nitrogen and oxygen atoms in total. The number of H-pyrrole nitrogens is 1. The number of halogens is 3. The number of amides is 1. The Kier molecular flexibility index (Phi) is 5.15. The van der Waals surface area contributed by atoms with E-state index in [2.05, 4.69) is 15.0 Å². The van der Waals surface area contributed by atoms with Crippen LogP contribution in [0.5, 0.6) is 5.75 Å². The van der Waals surface area contributed by atoms with Crippen LogP contribution in [0, 0.1) is 0 Å². The van der Waals surface area contributed by atoms with E-state index in [-0.39, 0.29) is 30.0 Å². The number of aliphatic hydroxyl groups excluding tert-OH is 1. The van der Waals surface area contributed by atoms with Gasteiger partial charge in [-0.1, -0.05) is 6.92 Å². The van der Waals surface area contributed by atoms with Gasteiger partial charge in [0.2, 0.25) is 0 Å². The summed E-state index contributed by atoms with van der Waals surface area (Å²) in [4.78, 5) is 14.9. The van der Waals surface area contributed by atoms with Gasteiger partial charge in [0.25, 0.3) is 5.91 Å². The number of benzene rings is 1. The van der Waals surface area contributed by atoms with Gasteiger partial charge in [0, 0.05) is 29.6 Å². The van der Waals surface area contributed by atoms with Crippen LogP contribution in [-0.2, 0) is 0 Å². The van der Waals surface area contributed by atoms with Crippen LogP contribution in [0.1, 0.15) is 30.3 Å². The molecule has 8 heteroatoms. The Morgan fingerprint density at radius 2 is 2.13 bits per heavy atom. The smallest absolute Gasteiger partial charge is 0.406 e. The maximum absolute atomic E-state index is 12.2. The van der Waals surface area contributed by atoms with Gasteiger partial charge < -0.3 is 20.1 Å². The number of carbonyl (C=O) groups excluding carboxylic acids is 1. The zero-order valence-corrected chi connectivity index (χ0v) is 12.4. The first kappa shape index (κ1) is 17.1. The first-order chi connectivity index (χ1) is 10.8. The third-order valence-corrected chi connectivity index (χ3v) is 3.38. The number of aromatic amines is 1. The van der Waals surface area contributed by atoms with Gasteiger partial charge in [0.05, 0.1) is 0 Å². The standard InChI is InChI=1S/C15H17F3N2O3/c1-2-10(5-6-21)19-14(22)13-7-9-3-4-11(8-12(9)20-13)23-15(16,17)18/h3-4,7-8,10,20-21H,2,5-6H2,1H3,(H,19,22). The van der Waals surface area contributed by atoms with Crippen molar-refractivity contribution in [3.8, 4) is 5.75 Å². The molecule has 2 aromatic rings. The second-order valence-corrected chi connectivity index (χ2v) is 5.07. The van der Waals surface area contributed by atoms with Crippen molar-refractivity contribution >= 4 is 16.8 Å². The predicted molar refractivity (Wildman–Crippen MR) is 78.2 cm³/mol. The van der Waals surface area contributed by atoms with Gasteiger partial charge in [-0.3, -0.25) is 4.79 Å². The largest absolute Gasteiger partial charge is 0.573 e. The summed E-state index contributed by atoms with van der Waals surface area (Å²) in [5.41, 5.74) is 0.604. The molecule has 1 aromatic carbocycles. The lowest BCUT2D eigenvalue weighted by Gasteiger charge is -2.14. The van der Waals surface area contributed by atoms with E-state index in [9.17, 15) is 18.0 Å². The van der Waals surface area contributed by atoms with E-state index < -0.39 is 6.36 Å². The molecule has 1 heterocycles. The summed E-state index contributed by atoms with van der Waals surface area (Å²) < 4.78 is 40.5. The predicted octanol–water partition coefficient (Wildman–Crippen LogP) is 2.96. The van der Waals surface area contributed by atoms with Crippen molar-refractivity contribution in [3.05, 3.63) is 30.0 Å². The second kappa shape index (κ2) is 6.91. The molecule has 3 N–H and O–H groups in total. The minimum absolute atomic E-state index is 0.0381. The van der Waals surface area contributed by atoms with Gasteiger partial charge in [-0.25, -0.2) is 0 Å². The summed E-state index contributed by atoms with van der Waals surface area (Å²) in [5, 5.41) is 12.3. The van der Waals surface area contributed by atoms with Crippen molar-refractivity contribution < 1.29 is 27.8 Å². The molecule has 0 saturated heterocycles. The van der Waals surface area contributed by atoms with E-state index in [0.717, 1.165) is 0 Å². The number of hydrogen-bond donors (Lipinski definition) is 3. The molecule has 1 amide bonds.